The van der Waals surface area contributed by atoms with Gasteiger partial charge in [-0.25, -0.2) is 0 Å². The molecule has 0 N–H and O–H groups in total. The molecule has 0 nitrogen and oxygen atoms in total. The zero-order valence-corrected chi connectivity index (χ0v) is 14.5. The van der Waals surface area contributed by atoms with Crippen molar-refractivity contribution in [3.05, 3.63) is 0 Å². The zero-order chi connectivity index (χ0) is 14.5. The maximum atomic E-state index is 2.72. The van der Waals surface area contributed by atoms with Crippen LogP contribution in [0.3, 0.4) is 0 Å². The molecule has 1 unspecified atom stereocenters. The van der Waals surface area contributed by atoms with Gasteiger partial charge in [0.2, 0.25) is 0 Å². The van der Waals surface area contributed by atoms with E-state index in [0.29, 0.717) is 0 Å². The van der Waals surface area contributed by atoms with Crippen molar-refractivity contribution < 1.29 is 0 Å². The highest BCUT2D eigenvalue weighted by Gasteiger charge is 2.57. The highest BCUT2D eigenvalue weighted by molar-refractivity contribution is 5.07. The van der Waals surface area contributed by atoms with Crippen molar-refractivity contribution in [1.82, 2.24) is 0 Å². The third-order valence-corrected chi connectivity index (χ3v) is 8.86. The molecule has 0 heterocycles. The van der Waals surface area contributed by atoms with Gasteiger partial charge in [0.15, 0.2) is 0 Å². The van der Waals surface area contributed by atoms with Crippen LogP contribution in [0.15, 0.2) is 0 Å². The fourth-order valence-corrected chi connectivity index (χ4v) is 8.02. The first-order valence-corrected chi connectivity index (χ1v) is 10.2. The minimum atomic E-state index is 0.738. The summed E-state index contributed by atoms with van der Waals surface area (Å²) in [6, 6.07) is 0. The van der Waals surface area contributed by atoms with Crippen LogP contribution in [-0.4, -0.2) is 0 Å². The number of rotatable bonds is 2. The van der Waals surface area contributed by atoms with Crippen molar-refractivity contribution in [2.75, 3.05) is 0 Å². The highest BCUT2D eigenvalue weighted by Crippen LogP contribution is 2.67. The fraction of sp³-hybridized carbons (Fsp3) is 1.00. The van der Waals surface area contributed by atoms with Crippen LogP contribution in [0.25, 0.3) is 0 Å². The standard InChI is InChI=1S/C21H36/c1-3-12-21-14-6-8-19(21)17-10-9-16-7-4-5-13-20(16,2)18(17)11-15-21/h16-19H,3-15H2,1-2H3/t16?,17-,18+,19+,20+,21+/m1/s1. The first-order valence-electron chi connectivity index (χ1n) is 10.2. The van der Waals surface area contributed by atoms with E-state index in [1.807, 2.05) is 0 Å². The average Bonchev–Trinajstić information content (AvgIpc) is 2.91. The summed E-state index contributed by atoms with van der Waals surface area (Å²) in [5.41, 5.74) is 1.54. The van der Waals surface area contributed by atoms with Gasteiger partial charge >= 0.3 is 0 Å². The van der Waals surface area contributed by atoms with Crippen molar-refractivity contribution in [1.29, 1.82) is 0 Å². The van der Waals surface area contributed by atoms with Gasteiger partial charge in [0.25, 0.3) is 0 Å². The van der Waals surface area contributed by atoms with Crippen LogP contribution in [0.5, 0.6) is 0 Å². The highest BCUT2D eigenvalue weighted by atomic mass is 14.6. The Morgan fingerprint density at radius 1 is 0.810 bits per heavy atom. The molecule has 0 heteroatoms. The first-order chi connectivity index (χ1) is 10.2. The Morgan fingerprint density at radius 3 is 2.57 bits per heavy atom. The molecule has 4 rings (SSSR count). The van der Waals surface area contributed by atoms with Crippen molar-refractivity contribution in [2.45, 2.75) is 97.3 Å². The summed E-state index contributed by atoms with van der Waals surface area (Å²) < 4.78 is 0. The Balaban J connectivity index is 1.62. The Bertz CT molecular complexity index is 385. The molecule has 0 radical (unpaired) electrons. The lowest BCUT2D eigenvalue weighted by molar-refractivity contribution is -0.109. The van der Waals surface area contributed by atoms with Gasteiger partial charge in [-0.15, -0.1) is 0 Å². The van der Waals surface area contributed by atoms with Crippen LogP contribution in [0, 0.1) is 34.5 Å². The minimum absolute atomic E-state index is 0.738. The van der Waals surface area contributed by atoms with Gasteiger partial charge < -0.3 is 0 Å². The number of hydrogen-bond acceptors (Lipinski definition) is 0. The predicted molar refractivity (Wildman–Crippen MR) is 90.2 cm³/mol. The van der Waals surface area contributed by atoms with E-state index >= 15 is 0 Å². The molecule has 0 amide bonds. The Labute approximate surface area is 132 Å². The maximum Gasteiger partial charge on any atom is -0.0266 e. The fourth-order valence-electron chi connectivity index (χ4n) is 8.02. The van der Waals surface area contributed by atoms with E-state index in [1.54, 1.807) is 64.2 Å². The maximum absolute atomic E-state index is 2.72. The molecule has 0 aliphatic heterocycles. The van der Waals surface area contributed by atoms with Gasteiger partial charge in [-0.05, 0) is 92.3 Å². The Kier molecular flexibility index (Phi) is 3.66. The summed E-state index contributed by atoms with van der Waals surface area (Å²) in [6.07, 6.45) is 20.2. The molecule has 0 spiro atoms. The van der Waals surface area contributed by atoms with Crippen LogP contribution in [0.2, 0.25) is 0 Å². The van der Waals surface area contributed by atoms with Crippen LogP contribution in [0.1, 0.15) is 97.3 Å². The SMILES string of the molecule is CCC[C@@]12CCC[C@H]1[C@@H]1CCC3CCCC[C@]3(C)[C@H]1CC2. The quantitative estimate of drug-likeness (QED) is 0.537. The molecule has 0 aromatic carbocycles. The second-order valence-electron chi connectivity index (χ2n) is 9.45. The third-order valence-electron chi connectivity index (χ3n) is 8.86. The Morgan fingerprint density at radius 2 is 1.71 bits per heavy atom. The summed E-state index contributed by atoms with van der Waals surface area (Å²) in [6.45, 7) is 5.14. The molecule has 0 aromatic rings. The molecule has 4 fully saturated rings. The summed E-state index contributed by atoms with van der Waals surface area (Å²) in [7, 11) is 0. The first kappa shape index (κ1) is 14.6. The molecule has 0 saturated heterocycles. The molecule has 4 aliphatic carbocycles. The predicted octanol–water partition coefficient (Wildman–Crippen LogP) is 6.59. The lowest BCUT2D eigenvalue weighted by atomic mass is 9.45. The van der Waals surface area contributed by atoms with E-state index in [2.05, 4.69) is 13.8 Å². The molecular formula is C21H36. The van der Waals surface area contributed by atoms with E-state index in [9.17, 15) is 0 Å². The van der Waals surface area contributed by atoms with Gasteiger partial charge in [-0.2, -0.15) is 0 Å². The van der Waals surface area contributed by atoms with Crippen molar-refractivity contribution in [3.8, 4) is 0 Å². The topological polar surface area (TPSA) is 0 Å². The summed E-state index contributed by atoms with van der Waals surface area (Å²) in [5.74, 6) is 4.43. The van der Waals surface area contributed by atoms with Crippen LogP contribution < -0.4 is 0 Å². The van der Waals surface area contributed by atoms with Gasteiger partial charge in [0.1, 0.15) is 0 Å². The van der Waals surface area contributed by atoms with Gasteiger partial charge in [0, 0.05) is 0 Å². The number of hydrogen-bond donors (Lipinski definition) is 0. The van der Waals surface area contributed by atoms with Crippen LogP contribution in [0.4, 0.5) is 0 Å². The van der Waals surface area contributed by atoms with E-state index in [1.165, 1.54) is 19.3 Å². The molecule has 21 heavy (non-hydrogen) atoms. The van der Waals surface area contributed by atoms with Gasteiger partial charge in [-0.1, -0.05) is 39.5 Å². The molecule has 4 saturated carbocycles. The zero-order valence-electron chi connectivity index (χ0n) is 14.5. The van der Waals surface area contributed by atoms with Gasteiger partial charge in [0.05, 0.1) is 0 Å². The van der Waals surface area contributed by atoms with Crippen LogP contribution >= 0.6 is 0 Å². The van der Waals surface area contributed by atoms with Gasteiger partial charge in [-0.3, -0.25) is 0 Å². The molecule has 4 aliphatic rings. The lowest BCUT2D eigenvalue weighted by Crippen LogP contribution is -2.52. The molecule has 0 bridgehead atoms. The largest absolute Gasteiger partial charge is 0.0654 e. The second-order valence-corrected chi connectivity index (χ2v) is 9.45. The molecule has 0 aromatic heterocycles. The third kappa shape index (κ3) is 2.07. The second kappa shape index (κ2) is 5.27. The molecular weight excluding hydrogens is 252 g/mol. The van der Waals surface area contributed by atoms with E-state index in [4.69, 9.17) is 0 Å². The van der Waals surface area contributed by atoms with E-state index < -0.39 is 0 Å². The lowest BCUT2D eigenvalue weighted by Gasteiger charge is -2.60. The minimum Gasteiger partial charge on any atom is -0.0654 e. The van der Waals surface area contributed by atoms with Crippen LogP contribution in [-0.2, 0) is 0 Å². The summed E-state index contributed by atoms with van der Waals surface area (Å²) in [4.78, 5) is 0. The normalized spacial score (nSPS) is 52.9. The monoisotopic (exact) mass is 288 g/mol. The van der Waals surface area contributed by atoms with E-state index in [0.717, 1.165) is 34.5 Å². The number of fused-ring (bicyclic) bond motifs is 5. The molecule has 6 atom stereocenters. The van der Waals surface area contributed by atoms with Crippen molar-refractivity contribution in [3.63, 3.8) is 0 Å². The molecule has 120 valence electrons. The van der Waals surface area contributed by atoms with Crippen molar-refractivity contribution in [2.24, 2.45) is 34.5 Å². The average molecular weight is 289 g/mol. The smallest absolute Gasteiger partial charge is 0.0266 e. The van der Waals surface area contributed by atoms with Crippen molar-refractivity contribution >= 4 is 0 Å². The Hall–Kier alpha value is 0. The summed E-state index contributed by atoms with van der Waals surface area (Å²) >= 11 is 0. The van der Waals surface area contributed by atoms with E-state index in [-0.39, 0.29) is 0 Å². The summed E-state index contributed by atoms with van der Waals surface area (Å²) in [5, 5.41) is 0.